The van der Waals surface area contributed by atoms with Gasteiger partial charge >= 0.3 is 0 Å². The van der Waals surface area contributed by atoms with E-state index in [1.54, 1.807) is 0 Å². The molecule has 166 valence electrons. The molecule has 8 nitrogen and oxygen atoms in total. The minimum atomic E-state index is -1.78. The van der Waals surface area contributed by atoms with Crippen molar-refractivity contribution in [1.82, 2.24) is 5.32 Å². The molecule has 0 radical (unpaired) electrons. The van der Waals surface area contributed by atoms with E-state index in [-0.39, 0.29) is 12.7 Å². The highest BCUT2D eigenvalue weighted by atomic mass is 16.4. The number of carbonyl (C=O) groups excluding carboxylic acids is 2. The lowest BCUT2D eigenvalue weighted by Gasteiger charge is -2.26. The summed E-state index contributed by atoms with van der Waals surface area (Å²) in [7, 11) is 0. The molecule has 28 heavy (non-hydrogen) atoms. The Hall–Kier alpha value is -1.06. The summed E-state index contributed by atoms with van der Waals surface area (Å²) in [6.45, 7) is 1.40. The zero-order chi connectivity index (χ0) is 21.4. The predicted molar refractivity (Wildman–Crippen MR) is 106 cm³/mol. The maximum atomic E-state index is 11.9. The molecule has 0 bridgehead atoms. The fraction of sp³-hybridized carbons (Fsp3) is 0.900. The van der Waals surface area contributed by atoms with Gasteiger partial charge in [-0.3, -0.25) is 4.79 Å². The molecule has 0 aromatic rings. The first-order valence-corrected chi connectivity index (χ1v) is 10.4. The van der Waals surface area contributed by atoms with Crippen LogP contribution in [0.1, 0.15) is 77.6 Å². The van der Waals surface area contributed by atoms with Crippen LogP contribution in [0, 0.1) is 0 Å². The molecule has 0 rings (SSSR count). The normalized spacial score (nSPS) is 16.8. The zero-order valence-corrected chi connectivity index (χ0v) is 17.0. The number of carbonyl (C=O) groups is 2. The number of hydrogen-bond acceptors (Lipinski definition) is 7. The highest BCUT2D eigenvalue weighted by Gasteiger charge is 2.32. The number of aliphatic hydroxyl groups is 5. The third kappa shape index (κ3) is 12.4. The molecule has 0 aromatic heterocycles. The molecule has 6 N–H and O–H groups in total. The van der Waals surface area contributed by atoms with E-state index in [1.165, 1.54) is 38.5 Å². The second-order valence-corrected chi connectivity index (χ2v) is 7.44. The molecule has 0 aliphatic rings. The lowest BCUT2D eigenvalue weighted by Crippen LogP contribution is -2.53. The van der Waals surface area contributed by atoms with Gasteiger partial charge in [-0.05, 0) is 6.42 Å². The molecule has 0 fully saturated rings. The van der Waals surface area contributed by atoms with Crippen molar-refractivity contribution in [3.63, 3.8) is 0 Å². The second-order valence-electron chi connectivity index (χ2n) is 7.44. The monoisotopic (exact) mass is 405 g/mol. The van der Waals surface area contributed by atoms with Gasteiger partial charge in [0.05, 0.1) is 19.1 Å². The summed E-state index contributed by atoms with van der Waals surface area (Å²) in [5.74, 6) is -0.634. The Labute approximate surface area is 168 Å². The van der Waals surface area contributed by atoms with E-state index in [4.69, 9.17) is 5.11 Å². The van der Waals surface area contributed by atoms with Crippen LogP contribution < -0.4 is 5.32 Å². The number of rotatable bonds is 18. The van der Waals surface area contributed by atoms with E-state index >= 15 is 0 Å². The van der Waals surface area contributed by atoms with Crippen LogP contribution in [0.5, 0.6) is 0 Å². The molecule has 0 aromatic carbocycles. The van der Waals surface area contributed by atoms with Crippen LogP contribution in [0.4, 0.5) is 0 Å². The van der Waals surface area contributed by atoms with Crippen molar-refractivity contribution in [2.45, 2.75) is 108 Å². The first-order valence-electron chi connectivity index (χ1n) is 10.4. The highest BCUT2D eigenvalue weighted by molar-refractivity contribution is 5.80. The molecule has 0 heterocycles. The van der Waals surface area contributed by atoms with E-state index in [2.05, 4.69) is 12.2 Å². The van der Waals surface area contributed by atoms with Crippen molar-refractivity contribution in [3.8, 4) is 0 Å². The Kier molecular flexibility index (Phi) is 16.2. The van der Waals surface area contributed by atoms with Crippen LogP contribution in [0.25, 0.3) is 0 Å². The van der Waals surface area contributed by atoms with Crippen molar-refractivity contribution in [2.24, 2.45) is 0 Å². The summed E-state index contributed by atoms with van der Waals surface area (Å²) in [5, 5.41) is 49.7. The molecular formula is C20H39NO7. The number of nitrogens with one attached hydrogen (secondary N) is 1. The number of aldehydes is 1. The average Bonchev–Trinajstić information content (AvgIpc) is 2.68. The Balaban J connectivity index is 3.99. The quantitative estimate of drug-likeness (QED) is 0.143. The van der Waals surface area contributed by atoms with Gasteiger partial charge in [-0.1, -0.05) is 64.7 Å². The summed E-state index contributed by atoms with van der Waals surface area (Å²) >= 11 is 0. The Morgan fingerprint density at radius 1 is 0.893 bits per heavy atom. The fourth-order valence-corrected chi connectivity index (χ4v) is 3.00. The van der Waals surface area contributed by atoms with E-state index < -0.39 is 43.0 Å². The Morgan fingerprint density at radius 2 is 1.43 bits per heavy atom. The van der Waals surface area contributed by atoms with E-state index in [0.29, 0.717) is 6.42 Å². The lowest BCUT2D eigenvalue weighted by molar-refractivity contribution is -0.132. The van der Waals surface area contributed by atoms with Crippen LogP contribution in [0.2, 0.25) is 0 Å². The fourth-order valence-electron chi connectivity index (χ4n) is 3.00. The van der Waals surface area contributed by atoms with Crippen molar-refractivity contribution < 1.29 is 35.1 Å². The first-order chi connectivity index (χ1) is 13.4. The molecule has 0 aliphatic heterocycles. The largest absolute Gasteiger partial charge is 0.394 e. The minimum Gasteiger partial charge on any atom is -0.394 e. The molecule has 0 aliphatic carbocycles. The third-order valence-corrected chi connectivity index (χ3v) is 4.84. The van der Waals surface area contributed by atoms with Gasteiger partial charge in [-0.2, -0.15) is 0 Å². The first kappa shape index (κ1) is 26.9. The van der Waals surface area contributed by atoms with E-state index in [1.807, 2.05) is 0 Å². The summed E-state index contributed by atoms with van der Waals surface area (Å²) in [5.41, 5.74) is 0. The Bertz CT molecular complexity index is 408. The summed E-state index contributed by atoms with van der Waals surface area (Å²) in [4.78, 5) is 23.0. The summed E-state index contributed by atoms with van der Waals surface area (Å²) < 4.78 is 0. The van der Waals surface area contributed by atoms with Crippen LogP contribution in [0.3, 0.4) is 0 Å². The zero-order valence-electron chi connectivity index (χ0n) is 17.0. The lowest BCUT2D eigenvalue weighted by atomic mass is 10.0. The minimum absolute atomic E-state index is 0.216. The van der Waals surface area contributed by atoms with Crippen molar-refractivity contribution in [1.29, 1.82) is 0 Å². The Morgan fingerprint density at radius 3 is 1.93 bits per heavy atom. The number of amides is 1. The van der Waals surface area contributed by atoms with Gasteiger partial charge in [0.2, 0.25) is 5.91 Å². The molecule has 0 spiro atoms. The van der Waals surface area contributed by atoms with Gasteiger partial charge in [0.1, 0.15) is 30.6 Å². The topological polar surface area (TPSA) is 147 Å². The van der Waals surface area contributed by atoms with Crippen LogP contribution in [-0.2, 0) is 9.59 Å². The van der Waals surface area contributed by atoms with Crippen molar-refractivity contribution in [3.05, 3.63) is 0 Å². The van der Waals surface area contributed by atoms with Gasteiger partial charge in [0, 0.05) is 0 Å². The third-order valence-electron chi connectivity index (χ3n) is 4.84. The number of aliphatic hydroxyl groups excluding tert-OH is 5. The van der Waals surface area contributed by atoms with Gasteiger partial charge in [-0.25, -0.2) is 0 Å². The highest BCUT2D eigenvalue weighted by Crippen LogP contribution is 2.12. The number of hydrogen-bond donors (Lipinski definition) is 6. The van der Waals surface area contributed by atoms with Gasteiger partial charge in [0.25, 0.3) is 0 Å². The SMILES string of the molecule is CCCCCCCCCCCC(O)CC(=O)N[C@@H](C=O)[C@@H](O)[C@H](O)[C@H](O)CO. The van der Waals surface area contributed by atoms with E-state index in [0.717, 1.165) is 19.3 Å². The van der Waals surface area contributed by atoms with Crippen molar-refractivity contribution >= 4 is 12.2 Å². The van der Waals surface area contributed by atoms with Crippen LogP contribution in [0.15, 0.2) is 0 Å². The average molecular weight is 406 g/mol. The molecular weight excluding hydrogens is 366 g/mol. The molecule has 8 heteroatoms. The van der Waals surface area contributed by atoms with Crippen molar-refractivity contribution in [2.75, 3.05) is 6.61 Å². The van der Waals surface area contributed by atoms with Crippen LogP contribution >= 0.6 is 0 Å². The molecule has 5 atom stereocenters. The summed E-state index contributed by atoms with van der Waals surface area (Å²) in [6.07, 6.45) is 4.88. The standard InChI is InChI=1S/C20H39NO7/c1-2-3-4-5-6-7-8-9-10-11-15(24)12-18(26)21-16(13-22)19(27)20(28)17(25)14-23/h13,15-17,19-20,23-25,27-28H,2-12,14H2,1H3,(H,21,26)/t15?,16-,17+,19+,20+/m0/s1. The van der Waals surface area contributed by atoms with E-state index in [9.17, 15) is 30.0 Å². The molecule has 1 amide bonds. The smallest absolute Gasteiger partial charge is 0.223 e. The second kappa shape index (κ2) is 16.9. The molecule has 0 saturated carbocycles. The van der Waals surface area contributed by atoms with Crippen LogP contribution in [-0.4, -0.2) is 74.8 Å². The maximum absolute atomic E-state index is 11.9. The molecule has 1 unspecified atom stereocenters. The predicted octanol–water partition coefficient (Wildman–Crippen LogP) is 0.417. The van der Waals surface area contributed by atoms with Gasteiger partial charge < -0.3 is 35.6 Å². The summed E-state index contributed by atoms with van der Waals surface area (Å²) in [6, 6.07) is -1.44. The maximum Gasteiger partial charge on any atom is 0.223 e. The number of unbranched alkanes of at least 4 members (excludes halogenated alkanes) is 8. The van der Waals surface area contributed by atoms with Gasteiger partial charge in [0.15, 0.2) is 0 Å². The van der Waals surface area contributed by atoms with Gasteiger partial charge in [-0.15, -0.1) is 0 Å². The molecule has 0 saturated heterocycles.